The maximum Gasteiger partial charge on any atom is 0.407 e. The van der Waals surface area contributed by atoms with Crippen molar-refractivity contribution in [2.24, 2.45) is 5.92 Å². The van der Waals surface area contributed by atoms with Crippen molar-refractivity contribution in [1.29, 1.82) is 0 Å². The van der Waals surface area contributed by atoms with Gasteiger partial charge in [0, 0.05) is 6.42 Å². The average Bonchev–Trinajstić information content (AvgIpc) is 2.43. The van der Waals surface area contributed by atoms with E-state index in [0.717, 1.165) is 12.0 Å². The van der Waals surface area contributed by atoms with Crippen LogP contribution in [-0.4, -0.2) is 18.4 Å². The van der Waals surface area contributed by atoms with E-state index >= 15 is 0 Å². The van der Waals surface area contributed by atoms with Gasteiger partial charge in [0.15, 0.2) is 5.78 Å². The fraction of sp³-hybridized carbons (Fsp3) is 0.467. The number of carbonyl (C=O) groups excluding carboxylic acids is 2. The lowest BCUT2D eigenvalue weighted by molar-refractivity contribution is -0.119. The number of ether oxygens (including phenoxy) is 1. The predicted molar refractivity (Wildman–Crippen MR) is 73.7 cm³/mol. The van der Waals surface area contributed by atoms with Gasteiger partial charge in [-0.3, -0.25) is 4.79 Å². The third-order valence-electron chi connectivity index (χ3n) is 2.92. The second kappa shape index (κ2) is 8.29. The number of hydrogen-bond acceptors (Lipinski definition) is 3. The summed E-state index contributed by atoms with van der Waals surface area (Å²) in [6, 6.07) is 9.42. The molecule has 0 aliphatic heterocycles. The molecule has 1 unspecified atom stereocenters. The van der Waals surface area contributed by atoms with Crippen molar-refractivity contribution in [2.45, 2.75) is 33.3 Å². The minimum absolute atomic E-state index is 0.0333. The van der Waals surface area contributed by atoms with Crippen molar-refractivity contribution >= 4 is 11.9 Å². The van der Waals surface area contributed by atoms with Crippen LogP contribution in [0.15, 0.2) is 30.3 Å². The molecule has 0 spiro atoms. The van der Waals surface area contributed by atoms with Crippen LogP contribution in [0.1, 0.15) is 32.3 Å². The fourth-order valence-corrected chi connectivity index (χ4v) is 1.55. The van der Waals surface area contributed by atoms with Gasteiger partial charge < -0.3 is 10.1 Å². The molecule has 1 rings (SSSR count). The van der Waals surface area contributed by atoms with E-state index in [1.54, 1.807) is 0 Å². The lowest BCUT2D eigenvalue weighted by atomic mass is 10.0. The summed E-state index contributed by atoms with van der Waals surface area (Å²) in [4.78, 5) is 22.9. The van der Waals surface area contributed by atoms with Crippen LogP contribution in [0.2, 0.25) is 0 Å². The average molecular weight is 263 g/mol. The second-order valence-electron chi connectivity index (χ2n) is 4.67. The van der Waals surface area contributed by atoms with Crippen LogP contribution in [0.25, 0.3) is 0 Å². The smallest absolute Gasteiger partial charge is 0.407 e. The van der Waals surface area contributed by atoms with Gasteiger partial charge in [0.1, 0.15) is 6.61 Å². The molecule has 1 amide bonds. The molecule has 4 nitrogen and oxygen atoms in total. The summed E-state index contributed by atoms with van der Waals surface area (Å²) in [5, 5.41) is 2.47. The molecule has 1 atom stereocenters. The first kappa shape index (κ1) is 15.2. The molecular formula is C15H21NO3. The van der Waals surface area contributed by atoms with Gasteiger partial charge in [-0.2, -0.15) is 0 Å². The van der Waals surface area contributed by atoms with E-state index in [2.05, 4.69) is 5.32 Å². The summed E-state index contributed by atoms with van der Waals surface area (Å²) in [6.45, 7) is 4.31. The number of Topliss-reactive ketones (excluding diaryl/α,β-unsaturated/α-hetero) is 1. The first-order valence-corrected chi connectivity index (χ1v) is 6.58. The van der Waals surface area contributed by atoms with E-state index in [-0.39, 0.29) is 18.9 Å². The molecule has 0 aromatic heterocycles. The van der Waals surface area contributed by atoms with Gasteiger partial charge >= 0.3 is 6.09 Å². The standard InChI is InChI=1S/C15H21NO3/c1-3-12(2)9-14(17)10-16-15(18)19-11-13-7-5-4-6-8-13/h4-8,12H,3,9-11H2,1-2H3,(H,16,18). The highest BCUT2D eigenvalue weighted by atomic mass is 16.5. The maximum absolute atomic E-state index is 11.5. The van der Waals surface area contributed by atoms with Crippen LogP contribution in [0.3, 0.4) is 0 Å². The zero-order valence-corrected chi connectivity index (χ0v) is 11.5. The van der Waals surface area contributed by atoms with Gasteiger partial charge in [-0.05, 0) is 11.5 Å². The Labute approximate surface area is 114 Å². The summed E-state index contributed by atoms with van der Waals surface area (Å²) in [7, 11) is 0. The molecule has 104 valence electrons. The molecule has 0 fully saturated rings. The summed E-state index contributed by atoms with van der Waals surface area (Å²) < 4.78 is 5.01. The Kier molecular flexibility index (Phi) is 6.64. The molecule has 0 aliphatic carbocycles. The number of benzene rings is 1. The van der Waals surface area contributed by atoms with Crippen LogP contribution < -0.4 is 5.32 Å². The van der Waals surface area contributed by atoms with E-state index in [1.807, 2.05) is 44.2 Å². The fourth-order valence-electron chi connectivity index (χ4n) is 1.55. The van der Waals surface area contributed by atoms with Crippen molar-refractivity contribution in [1.82, 2.24) is 5.32 Å². The van der Waals surface area contributed by atoms with Gasteiger partial charge in [-0.25, -0.2) is 4.79 Å². The van der Waals surface area contributed by atoms with Crippen molar-refractivity contribution in [3.05, 3.63) is 35.9 Å². The topological polar surface area (TPSA) is 55.4 Å². The lowest BCUT2D eigenvalue weighted by Gasteiger charge is -2.09. The van der Waals surface area contributed by atoms with Gasteiger partial charge in [-0.1, -0.05) is 50.6 Å². The highest BCUT2D eigenvalue weighted by molar-refractivity contribution is 5.84. The molecule has 1 aromatic rings. The Morgan fingerprint density at radius 1 is 1.26 bits per heavy atom. The summed E-state index contributed by atoms with van der Waals surface area (Å²) in [5.41, 5.74) is 0.920. The van der Waals surface area contributed by atoms with Crippen molar-refractivity contribution in [3.8, 4) is 0 Å². The van der Waals surface area contributed by atoms with Crippen LogP contribution >= 0.6 is 0 Å². The molecule has 4 heteroatoms. The number of nitrogens with one attached hydrogen (secondary N) is 1. The number of carbonyl (C=O) groups is 2. The van der Waals surface area contributed by atoms with Crippen LogP contribution in [0.4, 0.5) is 4.79 Å². The minimum Gasteiger partial charge on any atom is -0.445 e. The Hall–Kier alpha value is -1.84. The van der Waals surface area contributed by atoms with E-state index in [0.29, 0.717) is 12.3 Å². The maximum atomic E-state index is 11.5. The molecule has 1 aromatic carbocycles. The van der Waals surface area contributed by atoms with E-state index in [1.165, 1.54) is 0 Å². The largest absolute Gasteiger partial charge is 0.445 e. The molecule has 0 radical (unpaired) electrons. The quantitative estimate of drug-likeness (QED) is 0.823. The monoisotopic (exact) mass is 263 g/mol. The predicted octanol–water partition coefficient (Wildman–Crippen LogP) is 2.92. The van der Waals surface area contributed by atoms with Crippen molar-refractivity contribution in [3.63, 3.8) is 0 Å². The van der Waals surface area contributed by atoms with E-state index in [4.69, 9.17) is 4.74 Å². The minimum atomic E-state index is -0.554. The number of rotatable bonds is 7. The molecule has 0 heterocycles. The number of amides is 1. The Morgan fingerprint density at radius 2 is 1.95 bits per heavy atom. The molecule has 0 bridgehead atoms. The van der Waals surface area contributed by atoms with E-state index < -0.39 is 6.09 Å². The summed E-state index contributed by atoms with van der Waals surface area (Å²) >= 11 is 0. The number of alkyl carbamates (subject to hydrolysis) is 1. The summed E-state index contributed by atoms with van der Waals surface area (Å²) in [5.74, 6) is 0.389. The molecule has 0 saturated heterocycles. The van der Waals surface area contributed by atoms with Gasteiger partial charge in [-0.15, -0.1) is 0 Å². The first-order chi connectivity index (χ1) is 9.11. The second-order valence-corrected chi connectivity index (χ2v) is 4.67. The SMILES string of the molecule is CCC(C)CC(=O)CNC(=O)OCc1ccccc1. The normalized spacial score (nSPS) is 11.7. The highest BCUT2D eigenvalue weighted by Gasteiger charge is 2.09. The lowest BCUT2D eigenvalue weighted by Crippen LogP contribution is -2.30. The van der Waals surface area contributed by atoms with Crippen LogP contribution in [0.5, 0.6) is 0 Å². The highest BCUT2D eigenvalue weighted by Crippen LogP contribution is 2.06. The summed E-state index contributed by atoms with van der Waals surface area (Å²) in [6.07, 6.45) is 0.904. The van der Waals surface area contributed by atoms with Crippen LogP contribution in [0, 0.1) is 5.92 Å². The molecule has 19 heavy (non-hydrogen) atoms. The zero-order valence-electron chi connectivity index (χ0n) is 11.5. The first-order valence-electron chi connectivity index (χ1n) is 6.58. The number of ketones is 1. The van der Waals surface area contributed by atoms with Crippen LogP contribution in [-0.2, 0) is 16.1 Å². The van der Waals surface area contributed by atoms with Gasteiger partial charge in [0.05, 0.1) is 6.54 Å². The van der Waals surface area contributed by atoms with Gasteiger partial charge in [0.2, 0.25) is 0 Å². The molecule has 0 aliphatic rings. The Balaban J connectivity index is 2.19. The molecule has 0 saturated carbocycles. The molecular weight excluding hydrogens is 242 g/mol. The number of hydrogen-bond donors (Lipinski definition) is 1. The third kappa shape index (κ3) is 6.60. The van der Waals surface area contributed by atoms with Crippen molar-refractivity contribution < 1.29 is 14.3 Å². The Morgan fingerprint density at radius 3 is 2.58 bits per heavy atom. The van der Waals surface area contributed by atoms with E-state index in [9.17, 15) is 9.59 Å². The van der Waals surface area contributed by atoms with Gasteiger partial charge in [0.25, 0.3) is 0 Å². The zero-order chi connectivity index (χ0) is 14.1. The Bertz CT molecular complexity index is 403. The van der Waals surface area contributed by atoms with Crippen molar-refractivity contribution in [2.75, 3.05) is 6.54 Å². The third-order valence-corrected chi connectivity index (χ3v) is 2.92. The molecule has 1 N–H and O–H groups in total.